The molecule has 0 radical (unpaired) electrons. The van der Waals surface area contributed by atoms with Crippen LogP contribution in [0.2, 0.25) is 0 Å². The summed E-state index contributed by atoms with van der Waals surface area (Å²) in [5.74, 6) is 0.628. The van der Waals surface area contributed by atoms with Crippen molar-refractivity contribution in [3.8, 4) is 0 Å². The first kappa shape index (κ1) is 13.0. The Morgan fingerprint density at radius 1 is 1.39 bits per heavy atom. The normalized spacial score (nSPS) is 10.1. The molecule has 2 aromatic rings. The maximum Gasteiger partial charge on any atom is 0.253 e. The summed E-state index contributed by atoms with van der Waals surface area (Å²) in [5, 5.41) is 5.76. The SMILES string of the molecule is CNc1ccc(C(=O)NCc2ccc(Br)s2)cn1. The fourth-order valence-electron chi connectivity index (χ4n) is 1.39. The molecule has 0 atom stereocenters. The average molecular weight is 326 g/mol. The van der Waals surface area contributed by atoms with Crippen LogP contribution in [0.3, 0.4) is 0 Å². The second kappa shape index (κ2) is 5.97. The van der Waals surface area contributed by atoms with E-state index in [4.69, 9.17) is 0 Å². The molecule has 0 spiro atoms. The first-order valence-electron chi connectivity index (χ1n) is 5.35. The number of anilines is 1. The lowest BCUT2D eigenvalue weighted by atomic mass is 10.2. The summed E-state index contributed by atoms with van der Waals surface area (Å²) in [6, 6.07) is 7.47. The summed E-state index contributed by atoms with van der Waals surface area (Å²) in [5.41, 5.74) is 0.560. The molecule has 4 nitrogen and oxygen atoms in total. The lowest BCUT2D eigenvalue weighted by Gasteiger charge is -2.04. The van der Waals surface area contributed by atoms with Crippen LogP contribution in [-0.4, -0.2) is 17.9 Å². The molecule has 2 N–H and O–H groups in total. The minimum Gasteiger partial charge on any atom is -0.373 e. The second-order valence-corrected chi connectivity index (χ2v) is 6.12. The fraction of sp³-hybridized carbons (Fsp3) is 0.167. The van der Waals surface area contributed by atoms with Crippen molar-refractivity contribution >= 4 is 39.0 Å². The highest BCUT2D eigenvalue weighted by Gasteiger charge is 2.06. The minimum atomic E-state index is -0.116. The Morgan fingerprint density at radius 2 is 2.22 bits per heavy atom. The van der Waals surface area contributed by atoms with Crippen molar-refractivity contribution in [2.45, 2.75) is 6.54 Å². The lowest BCUT2D eigenvalue weighted by molar-refractivity contribution is 0.0951. The van der Waals surface area contributed by atoms with Crippen molar-refractivity contribution in [3.63, 3.8) is 0 Å². The van der Waals surface area contributed by atoms with Gasteiger partial charge in [-0.15, -0.1) is 11.3 Å². The van der Waals surface area contributed by atoms with E-state index in [9.17, 15) is 4.79 Å². The Kier molecular flexibility index (Phi) is 4.33. The summed E-state index contributed by atoms with van der Waals surface area (Å²) < 4.78 is 1.06. The summed E-state index contributed by atoms with van der Waals surface area (Å²) in [6.45, 7) is 0.531. The van der Waals surface area contributed by atoms with Gasteiger partial charge in [-0.25, -0.2) is 4.98 Å². The molecule has 2 rings (SSSR count). The van der Waals surface area contributed by atoms with E-state index in [1.54, 1.807) is 36.7 Å². The summed E-state index contributed by atoms with van der Waals surface area (Å²) in [6.07, 6.45) is 1.56. The number of pyridine rings is 1. The molecule has 0 unspecified atom stereocenters. The van der Waals surface area contributed by atoms with Gasteiger partial charge in [0.2, 0.25) is 0 Å². The van der Waals surface area contributed by atoms with E-state index >= 15 is 0 Å². The minimum absolute atomic E-state index is 0.116. The monoisotopic (exact) mass is 325 g/mol. The fourth-order valence-corrected chi connectivity index (χ4v) is 2.82. The van der Waals surface area contributed by atoms with Crippen molar-refractivity contribution in [1.29, 1.82) is 0 Å². The maximum atomic E-state index is 11.8. The molecule has 6 heteroatoms. The molecule has 0 saturated heterocycles. The molecule has 0 aromatic carbocycles. The van der Waals surface area contributed by atoms with E-state index in [0.717, 1.165) is 14.5 Å². The van der Waals surface area contributed by atoms with Crippen LogP contribution in [0.25, 0.3) is 0 Å². The van der Waals surface area contributed by atoms with Crippen molar-refractivity contribution in [2.75, 3.05) is 12.4 Å². The lowest BCUT2D eigenvalue weighted by Crippen LogP contribution is -2.22. The number of halogens is 1. The Labute approximate surface area is 118 Å². The van der Waals surface area contributed by atoms with Gasteiger partial charge in [-0.05, 0) is 40.2 Å². The van der Waals surface area contributed by atoms with E-state index in [1.165, 1.54) is 0 Å². The molecule has 0 fully saturated rings. The molecule has 94 valence electrons. The number of amides is 1. The number of nitrogens with one attached hydrogen (secondary N) is 2. The number of rotatable bonds is 4. The first-order valence-corrected chi connectivity index (χ1v) is 6.96. The number of carbonyl (C=O) groups is 1. The number of thiophene rings is 1. The van der Waals surface area contributed by atoms with E-state index in [1.807, 2.05) is 12.1 Å². The quantitative estimate of drug-likeness (QED) is 0.908. The van der Waals surface area contributed by atoms with Gasteiger partial charge >= 0.3 is 0 Å². The van der Waals surface area contributed by atoms with E-state index < -0.39 is 0 Å². The smallest absolute Gasteiger partial charge is 0.253 e. The Balaban J connectivity index is 1.94. The first-order chi connectivity index (χ1) is 8.69. The maximum absolute atomic E-state index is 11.8. The molecule has 2 aromatic heterocycles. The van der Waals surface area contributed by atoms with E-state index in [-0.39, 0.29) is 5.91 Å². The largest absolute Gasteiger partial charge is 0.373 e. The van der Waals surface area contributed by atoms with Crippen LogP contribution in [-0.2, 0) is 6.54 Å². The van der Waals surface area contributed by atoms with Crippen molar-refractivity contribution in [1.82, 2.24) is 10.3 Å². The van der Waals surface area contributed by atoms with Gasteiger partial charge in [0.1, 0.15) is 5.82 Å². The number of aromatic nitrogens is 1. The van der Waals surface area contributed by atoms with Crippen LogP contribution in [0.1, 0.15) is 15.2 Å². The average Bonchev–Trinajstić information content (AvgIpc) is 2.82. The van der Waals surface area contributed by atoms with Crippen molar-refractivity contribution in [3.05, 3.63) is 44.7 Å². The molecular weight excluding hydrogens is 314 g/mol. The third-order valence-corrected chi connectivity index (χ3v) is 3.96. The summed E-state index contributed by atoms with van der Waals surface area (Å²) in [4.78, 5) is 17.1. The van der Waals surface area contributed by atoms with Crippen LogP contribution >= 0.6 is 27.3 Å². The van der Waals surface area contributed by atoms with Crippen LogP contribution in [0.5, 0.6) is 0 Å². The molecule has 0 aliphatic rings. The van der Waals surface area contributed by atoms with Crippen LogP contribution < -0.4 is 10.6 Å². The van der Waals surface area contributed by atoms with E-state index in [2.05, 4.69) is 31.5 Å². The standard InChI is InChI=1S/C12H12BrN3OS/c1-14-11-5-2-8(6-15-11)12(17)16-7-9-3-4-10(13)18-9/h2-6H,7H2,1H3,(H,14,15)(H,16,17). The third-order valence-electron chi connectivity index (χ3n) is 2.33. The van der Waals surface area contributed by atoms with Gasteiger partial charge in [-0.2, -0.15) is 0 Å². The number of carbonyl (C=O) groups excluding carboxylic acids is 1. The van der Waals surface area contributed by atoms with Gasteiger partial charge < -0.3 is 10.6 Å². The van der Waals surface area contributed by atoms with Gasteiger partial charge in [0.05, 0.1) is 15.9 Å². The van der Waals surface area contributed by atoms with Gasteiger partial charge in [0.15, 0.2) is 0 Å². The zero-order chi connectivity index (χ0) is 13.0. The Hall–Kier alpha value is -1.40. The van der Waals surface area contributed by atoms with Gasteiger partial charge in [-0.1, -0.05) is 0 Å². The van der Waals surface area contributed by atoms with Gasteiger partial charge in [-0.3, -0.25) is 4.79 Å². The zero-order valence-electron chi connectivity index (χ0n) is 9.74. The molecular formula is C12H12BrN3OS. The van der Waals surface area contributed by atoms with Crippen LogP contribution in [0, 0.1) is 0 Å². The second-order valence-electron chi connectivity index (χ2n) is 3.57. The van der Waals surface area contributed by atoms with Crippen molar-refractivity contribution < 1.29 is 4.79 Å². The highest BCUT2D eigenvalue weighted by Crippen LogP contribution is 2.21. The molecule has 18 heavy (non-hydrogen) atoms. The Bertz CT molecular complexity index is 539. The molecule has 0 aliphatic carbocycles. The molecule has 0 bridgehead atoms. The molecule has 2 heterocycles. The van der Waals surface area contributed by atoms with E-state index in [0.29, 0.717) is 12.1 Å². The molecule has 1 amide bonds. The highest BCUT2D eigenvalue weighted by molar-refractivity contribution is 9.11. The third kappa shape index (κ3) is 3.30. The van der Waals surface area contributed by atoms with Gasteiger partial charge in [0.25, 0.3) is 5.91 Å². The predicted octanol–water partition coefficient (Wildman–Crippen LogP) is 2.88. The highest BCUT2D eigenvalue weighted by atomic mass is 79.9. The molecule has 0 aliphatic heterocycles. The number of hydrogen-bond acceptors (Lipinski definition) is 4. The molecule has 0 saturated carbocycles. The van der Waals surface area contributed by atoms with Crippen LogP contribution in [0.4, 0.5) is 5.82 Å². The van der Waals surface area contributed by atoms with Crippen LogP contribution in [0.15, 0.2) is 34.2 Å². The number of hydrogen-bond donors (Lipinski definition) is 2. The van der Waals surface area contributed by atoms with Crippen molar-refractivity contribution in [2.24, 2.45) is 0 Å². The Morgan fingerprint density at radius 3 is 2.78 bits per heavy atom. The summed E-state index contributed by atoms with van der Waals surface area (Å²) >= 11 is 5.00. The number of nitrogens with zero attached hydrogens (tertiary/aromatic N) is 1. The van der Waals surface area contributed by atoms with Gasteiger partial charge in [0, 0.05) is 18.1 Å². The zero-order valence-corrected chi connectivity index (χ0v) is 12.1. The topological polar surface area (TPSA) is 54.0 Å². The summed E-state index contributed by atoms with van der Waals surface area (Å²) in [7, 11) is 1.79. The predicted molar refractivity (Wildman–Crippen MR) is 77.0 cm³/mol.